The normalized spacial score (nSPS) is 17.5. The molecule has 1 aromatic rings. The van der Waals surface area contributed by atoms with Crippen LogP contribution in [-0.4, -0.2) is 30.7 Å². The first kappa shape index (κ1) is 14.8. The first-order valence-electron chi connectivity index (χ1n) is 7.18. The van der Waals surface area contributed by atoms with Gasteiger partial charge in [0, 0.05) is 25.2 Å². The fourth-order valence-electron chi connectivity index (χ4n) is 2.37. The number of hydrogen-bond acceptors (Lipinski definition) is 4. The maximum absolute atomic E-state index is 12.2. The lowest BCUT2D eigenvalue weighted by Gasteiger charge is -2.26. The molecule has 0 spiro atoms. The zero-order valence-electron chi connectivity index (χ0n) is 12.1. The minimum Gasteiger partial charge on any atom is -0.478 e. The molecule has 110 valence electrons. The van der Waals surface area contributed by atoms with Crippen LogP contribution in [0.4, 0.5) is 5.69 Å². The van der Waals surface area contributed by atoms with Gasteiger partial charge in [0.05, 0.1) is 18.5 Å². The van der Waals surface area contributed by atoms with Crippen molar-refractivity contribution >= 4 is 11.6 Å². The summed E-state index contributed by atoms with van der Waals surface area (Å²) >= 11 is 0. The number of hydrogen-bond donors (Lipinski definition) is 1. The Bertz CT molecular complexity index is 427. The SMILES string of the molecule is CCOc1ccc(NC(=O)C(C)C2CCOCC2)cn1. The Morgan fingerprint density at radius 3 is 2.85 bits per heavy atom. The maximum atomic E-state index is 12.2. The number of carbonyl (C=O) groups excluding carboxylic acids is 1. The fraction of sp³-hybridized carbons (Fsp3) is 0.600. The molecule has 2 rings (SSSR count). The molecule has 0 saturated carbocycles. The molecule has 0 aromatic carbocycles. The average Bonchev–Trinajstić information content (AvgIpc) is 2.49. The van der Waals surface area contributed by atoms with Crippen LogP contribution >= 0.6 is 0 Å². The quantitative estimate of drug-likeness (QED) is 0.899. The van der Waals surface area contributed by atoms with Gasteiger partial charge in [-0.3, -0.25) is 4.79 Å². The van der Waals surface area contributed by atoms with Crippen molar-refractivity contribution < 1.29 is 14.3 Å². The number of aromatic nitrogens is 1. The van der Waals surface area contributed by atoms with Crippen molar-refractivity contribution in [2.75, 3.05) is 25.1 Å². The summed E-state index contributed by atoms with van der Waals surface area (Å²) in [4.78, 5) is 16.3. The van der Waals surface area contributed by atoms with Crippen LogP contribution in [0.15, 0.2) is 18.3 Å². The topological polar surface area (TPSA) is 60.5 Å². The summed E-state index contributed by atoms with van der Waals surface area (Å²) < 4.78 is 10.6. The standard InChI is InChI=1S/C15H22N2O3/c1-3-20-14-5-4-13(10-16-14)17-15(18)11(2)12-6-8-19-9-7-12/h4-5,10-12H,3,6-9H2,1-2H3,(H,17,18). The number of rotatable bonds is 5. The second-order valence-corrected chi connectivity index (χ2v) is 5.05. The van der Waals surface area contributed by atoms with Gasteiger partial charge < -0.3 is 14.8 Å². The number of ether oxygens (including phenoxy) is 2. The third-order valence-corrected chi connectivity index (χ3v) is 3.68. The van der Waals surface area contributed by atoms with Crippen molar-refractivity contribution in [3.63, 3.8) is 0 Å². The predicted octanol–water partition coefficient (Wildman–Crippen LogP) is 2.48. The second kappa shape index (κ2) is 7.24. The first-order valence-corrected chi connectivity index (χ1v) is 7.18. The molecule has 1 saturated heterocycles. The predicted molar refractivity (Wildman–Crippen MR) is 76.7 cm³/mol. The molecule has 0 radical (unpaired) electrons. The van der Waals surface area contributed by atoms with E-state index in [0.29, 0.717) is 24.1 Å². The Hall–Kier alpha value is -1.62. The van der Waals surface area contributed by atoms with Gasteiger partial charge in [0.1, 0.15) is 0 Å². The van der Waals surface area contributed by atoms with E-state index < -0.39 is 0 Å². The fourth-order valence-corrected chi connectivity index (χ4v) is 2.37. The van der Waals surface area contributed by atoms with Gasteiger partial charge >= 0.3 is 0 Å². The van der Waals surface area contributed by atoms with Gasteiger partial charge in [-0.2, -0.15) is 0 Å². The van der Waals surface area contributed by atoms with Gasteiger partial charge in [-0.25, -0.2) is 4.98 Å². The summed E-state index contributed by atoms with van der Waals surface area (Å²) in [5.41, 5.74) is 0.706. The van der Waals surface area contributed by atoms with Crippen LogP contribution in [-0.2, 0) is 9.53 Å². The average molecular weight is 278 g/mol. The Balaban J connectivity index is 1.89. The van der Waals surface area contributed by atoms with Crippen molar-refractivity contribution in [3.05, 3.63) is 18.3 Å². The molecular formula is C15H22N2O3. The van der Waals surface area contributed by atoms with Gasteiger partial charge in [-0.05, 0) is 31.7 Å². The number of anilines is 1. The number of nitrogens with one attached hydrogen (secondary N) is 1. The number of pyridine rings is 1. The highest BCUT2D eigenvalue weighted by Crippen LogP contribution is 2.24. The Morgan fingerprint density at radius 1 is 1.50 bits per heavy atom. The monoisotopic (exact) mass is 278 g/mol. The molecule has 0 aliphatic carbocycles. The summed E-state index contributed by atoms with van der Waals surface area (Å²) in [5, 5.41) is 2.91. The van der Waals surface area contributed by atoms with Crippen molar-refractivity contribution in [3.8, 4) is 5.88 Å². The van der Waals surface area contributed by atoms with Gasteiger partial charge in [-0.1, -0.05) is 6.92 Å². The van der Waals surface area contributed by atoms with Crippen LogP contribution in [0.5, 0.6) is 5.88 Å². The zero-order valence-corrected chi connectivity index (χ0v) is 12.1. The molecule has 1 amide bonds. The smallest absolute Gasteiger partial charge is 0.227 e. The van der Waals surface area contributed by atoms with E-state index in [1.54, 1.807) is 12.3 Å². The molecule has 20 heavy (non-hydrogen) atoms. The van der Waals surface area contributed by atoms with Crippen molar-refractivity contribution in [2.24, 2.45) is 11.8 Å². The van der Waals surface area contributed by atoms with Crippen molar-refractivity contribution in [2.45, 2.75) is 26.7 Å². The van der Waals surface area contributed by atoms with E-state index >= 15 is 0 Å². The van der Waals surface area contributed by atoms with E-state index in [9.17, 15) is 4.79 Å². The number of carbonyl (C=O) groups is 1. The zero-order chi connectivity index (χ0) is 14.4. The summed E-state index contributed by atoms with van der Waals surface area (Å²) in [5.74, 6) is 1.01. The molecule has 1 aliphatic heterocycles. The number of nitrogens with zero attached hydrogens (tertiary/aromatic N) is 1. The summed E-state index contributed by atoms with van der Waals surface area (Å²) in [6, 6.07) is 3.57. The molecule has 2 heterocycles. The summed E-state index contributed by atoms with van der Waals surface area (Å²) in [6.45, 7) is 5.99. The molecule has 5 heteroatoms. The molecular weight excluding hydrogens is 256 g/mol. The van der Waals surface area contributed by atoms with Crippen LogP contribution in [0, 0.1) is 11.8 Å². The Labute approximate surface area is 119 Å². The third kappa shape index (κ3) is 3.93. The van der Waals surface area contributed by atoms with E-state index in [1.807, 2.05) is 19.9 Å². The van der Waals surface area contributed by atoms with Gasteiger partial charge in [-0.15, -0.1) is 0 Å². The Morgan fingerprint density at radius 2 is 2.25 bits per heavy atom. The Kier molecular flexibility index (Phi) is 5.35. The van der Waals surface area contributed by atoms with E-state index in [4.69, 9.17) is 9.47 Å². The lowest BCUT2D eigenvalue weighted by molar-refractivity contribution is -0.122. The highest BCUT2D eigenvalue weighted by Gasteiger charge is 2.25. The molecule has 5 nitrogen and oxygen atoms in total. The van der Waals surface area contributed by atoms with Gasteiger partial charge in [0.25, 0.3) is 0 Å². The lowest BCUT2D eigenvalue weighted by Crippen LogP contribution is -2.30. The molecule has 1 N–H and O–H groups in total. The third-order valence-electron chi connectivity index (χ3n) is 3.68. The molecule has 0 bridgehead atoms. The van der Waals surface area contributed by atoms with Crippen LogP contribution in [0.2, 0.25) is 0 Å². The number of amides is 1. The molecule has 1 unspecified atom stereocenters. The van der Waals surface area contributed by atoms with Crippen LogP contribution in [0.25, 0.3) is 0 Å². The van der Waals surface area contributed by atoms with Gasteiger partial charge in [0.2, 0.25) is 11.8 Å². The first-order chi connectivity index (χ1) is 9.70. The van der Waals surface area contributed by atoms with Crippen LogP contribution in [0.1, 0.15) is 26.7 Å². The molecule has 1 fully saturated rings. The van der Waals surface area contributed by atoms with E-state index in [-0.39, 0.29) is 11.8 Å². The minimum atomic E-state index is -0.00883. The highest BCUT2D eigenvalue weighted by molar-refractivity contribution is 5.92. The second-order valence-electron chi connectivity index (χ2n) is 5.05. The molecule has 1 aliphatic rings. The minimum absolute atomic E-state index is 0.00883. The van der Waals surface area contributed by atoms with Crippen molar-refractivity contribution in [1.82, 2.24) is 4.98 Å². The summed E-state index contributed by atoms with van der Waals surface area (Å²) in [7, 11) is 0. The van der Waals surface area contributed by atoms with Crippen LogP contribution < -0.4 is 10.1 Å². The van der Waals surface area contributed by atoms with Gasteiger partial charge in [0.15, 0.2) is 0 Å². The molecule has 1 aromatic heterocycles. The van der Waals surface area contributed by atoms with Crippen LogP contribution in [0.3, 0.4) is 0 Å². The van der Waals surface area contributed by atoms with E-state index in [1.165, 1.54) is 0 Å². The molecule has 1 atom stereocenters. The van der Waals surface area contributed by atoms with E-state index in [0.717, 1.165) is 26.1 Å². The van der Waals surface area contributed by atoms with E-state index in [2.05, 4.69) is 10.3 Å². The largest absolute Gasteiger partial charge is 0.478 e. The lowest BCUT2D eigenvalue weighted by atomic mass is 9.87. The highest BCUT2D eigenvalue weighted by atomic mass is 16.5. The maximum Gasteiger partial charge on any atom is 0.227 e. The van der Waals surface area contributed by atoms with Crippen molar-refractivity contribution in [1.29, 1.82) is 0 Å². The summed E-state index contributed by atoms with van der Waals surface area (Å²) in [6.07, 6.45) is 3.53.